The van der Waals surface area contributed by atoms with Crippen molar-refractivity contribution in [2.75, 3.05) is 7.11 Å². The largest absolute Gasteiger partial charge is 0.497 e. The van der Waals surface area contributed by atoms with Crippen LogP contribution in [0.5, 0.6) is 5.75 Å². The third-order valence-corrected chi connectivity index (χ3v) is 3.98. The molecule has 0 spiro atoms. The number of hydrogen-bond acceptors (Lipinski definition) is 5. The van der Waals surface area contributed by atoms with Gasteiger partial charge >= 0.3 is 5.97 Å². The predicted molar refractivity (Wildman–Crippen MR) is 87.2 cm³/mol. The minimum Gasteiger partial charge on any atom is -0.497 e. The van der Waals surface area contributed by atoms with Crippen LogP contribution in [0.4, 0.5) is 0 Å². The molecule has 7 nitrogen and oxygen atoms in total. The van der Waals surface area contributed by atoms with Gasteiger partial charge in [0.1, 0.15) is 11.4 Å². The SMILES string of the molecule is COc1ccc2cc(C(=O)ON3C(=O)c4ccccc4C3=O)[nH]c2c1. The van der Waals surface area contributed by atoms with Crippen LogP contribution in [0.2, 0.25) is 0 Å². The first-order valence-electron chi connectivity index (χ1n) is 7.45. The van der Waals surface area contributed by atoms with Crippen LogP contribution < -0.4 is 4.74 Å². The quantitative estimate of drug-likeness (QED) is 0.743. The number of H-pyrrole nitrogens is 1. The topological polar surface area (TPSA) is 88.7 Å². The molecule has 7 heteroatoms. The molecule has 2 amide bonds. The highest BCUT2D eigenvalue weighted by molar-refractivity contribution is 6.21. The van der Waals surface area contributed by atoms with Crippen LogP contribution in [-0.4, -0.2) is 34.9 Å². The summed E-state index contributed by atoms with van der Waals surface area (Å²) in [4.78, 5) is 44.7. The van der Waals surface area contributed by atoms with Gasteiger partial charge in [-0.15, -0.1) is 0 Å². The molecule has 1 aliphatic heterocycles. The van der Waals surface area contributed by atoms with Crippen molar-refractivity contribution >= 4 is 28.7 Å². The Morgan fingerprint density at radius 1 is 1.00 bits per heavy atom. The van der Waals surface area contributed by atoms with Gasteiger partial charge in [-0.1, -0.05) is 17.2 Å². The molecule has 0 atom stereocenters. The van der Waals surface area contributed by atoms with E-state index in [1.54, 1.807) is 43.5 Å². The number of aromatic amines is 1. The third kappa shape index (κ3) is 2.33. The van der Waals surface area contributed by atoms with Crippen molar-refractivity contribution in [3.63, 3.8) is 0 Å². The zero-order valence-corrected chi connectivity index (χ0v) is 13.1. The van der Waals surface area contributed by atoms with Crippen molar-refractivity contribution in [2.24, 2.45) is 0 Å². The Kier molecular flexibility index (Phi) is 3.28. The lowest BCUT2D eigenvalue weighted by molar-refractivity contribution is -0.0587. The van der Waals surface area contributed by atoms with Crippen molar-refractivity contribution in [3.8, 4) is 5.75 Å². The Balaban J connectivity index is 1.61. The van der Waals surface area contributed by atoms with E-state index in [0.717, 1.165) is 5.39 Å². The number of ether oxygens (including phenoxy) is 1. The number of carbonyl (C=O) groups excluding carboxylic acids is 3. The van der Waals surface area contributed by atoms with E-state index in [-0.39, 0.29) is 16.8 Å². The van der Waals surface area contributed by atoms with Gasteiger partial charge < -0.3 is 14.6 Å². The molecule has 1 aliphatic rings. The summed E-state index contributed by atoms with van der Waals surface area (Å²) in [6, 6.07) is 13.2. The molecule has 1 aromatic heterocycles. The van der Waals surface area contributed by atoms with Gasteiger partial charge in [0.2, 0.25) is 0 Å². The molecule has 124 valence electrons. The van der Waals surface area contributed by atoms with Crippen LogP contribution in [0.3, 0.4) is 0 Å². The second-order valence-corrected chi connectivity index (χ2v) is 5.47. The fourth-order valence-corrected chi connectivity index (χ4v) is 2.73. The van der Waals surface area contributed by atoms with Gasteiger partial charge in [-0.25, -0.2) is 4.79 Å². The van der Waals surface area contributed by atoms with Crippen molar-refractivity contribution in [1.82, 2.24) is 10.0 Å². The summed E-state index contributed by atoms with van der Waals surface area (Å²) >= 11 is 0. The van der Waals surface area contributed by atoms with E-state index < -0.39 is 17.8 Å². The van der Waals surface area contributed by atoms with Crippen LogP contribution in [0.15, 0.2) is 48.5 Å². The third-order valence-electron chi connectivity index (χ3n) is 3.98. The van der Waals surface area contributed by atoms with Gasteiger partial charge in [-0.05, 0) is 30.3 Å². The van der Waals surface area contributed by atoms with Crippen LogP contribution >= 0.6 is 0 Å². The predicted octanol–water partition coefficient (Wildman–Crippen LogP) is 2.54. The van der Waals surface area contributed by atoms with Crippen molar-refractivity contribution in [1.29, 1.82) is 0 Å². The number of fused-ring (bicyclic) bond motifs is 2. The number of hydrogen-bond donors (Lipinski definition) is 1. The number of hydroxylamine groups is 2. The molecule has 4 rings (SSSR count). The Morgan fingerprint density at radius 3 is 2.32 bits per heavy atom. The van der Waals surface area contributed by atoms with E-state index in [2.05, 4.69) is 4.98 Å². The van der Waals surface area contributed by atoms with Gasteiger partial charge in [0, 0.05) is 17.0 Å². The van der Waals surface area contributed by atoms with Crippen LogP contribution in [0.25, 0.3) is 10.9 Å². The molecule has 25 heavy (non-hydrogen) atoms. The fourth-order valence-electron chi connectivity index (χ4n) is 2.73. The number of nitrogens with one attached hydrogen (secondary N) is 1. The van der Waals surface area contributed by atoms with Crippen molar-refractivity contribution in [2.45, 2.75) is 0 Å². The monoisotopic (exact) mass is 336 g/mol. The molecule has 0 bridgehead atoms. The number of imide groups is 1. The lowest BCUT2D eigenvalue weighted by Crippen LogP contribution is -2.32. The summed E-state index contributed by atoms with van der Waals surface area (Å²) in [5.74, 6) is -1.52. The fraction of sp³-hybridized carbons (Fsp3) is 0.0556. The maximum absolute atomic E-state index is 12.3. The van der Waals surface area contributed by atoms with Gasteiger partial charge in [-0.2, -0.15) is 0 Å². The molecule has 2 aromatic carbocycles. The van der Waals surface area contributed by atoms with Gasteiger partial charge in [-0.3, -0.25) is 9.59 Å². The molecular formula is C18H12N2O5. The van der Waals surface area contributed by atoms with E-state index in [9.17, 15) is 14.4 Å². The highest BCUT2D eigenvalue weighted by atomic mass is 16.7. The molecule has 0 aliphatic carbocycles. The summed E-state index contributed by atoms with van der Waals surface area (Å²) in [7, 11) is 1.54. The lowest BCUT2D eigenvalue weighted by Gasteiger charge is -2.11. The number of aromatic nitrogens is 1. The summed E-state index contributed by atoms with van der Waals surface area (Å²) in [5, 5.41) is 1.26. The molecule has 0 saturated heterocycles. The van der Waals surface area contributed by atoms with E-state index in [0.29, 0.717) is 16.3 Å². The standard InChI is InChI=1S/C18H12N2O5/c1-24-11-7-6-10-8-15(19-14(10)9-11)18(23)25-20-16(21)12-4-2-3-5-13(12)17(20)22/h2-9,19H,1H3. The minimum atomic E-state index is -0.829. The number of rotatable bonds is 3. The van der Waals surface area contributed by atoms with Crippen LogP contribution in [-0.2, 0) is 4.84 Å². The molecular weight excluding hydrogens is 324 g/mol. The summed E-state index contributed by atoms with van der Waals surface area (Å²) in [6.07, 6.45) is 0. The zero-order valence-electron chi connectivity index (χ0n) is 13.1. The van der Waals surface area contributed by atoms with E-state index >= 15 is 0 Å². The molecule has 2 heterocycles. The first-order chi connectivity index (χ1) is 12.1. The van der Waals surface area contributed by atoms with Crippen LogP contribution in [0, 0.1) is 0 Å². The average molecular weight is 336 g/mol. The molecule has 3 aromatic rings. The molecule has 0 saturated carbocycles. The second-order valence-electron chi connectivity index (χ2n) is 5.47. The van der Waals surface area contributed by atoms with Crippen LogP contribution in [0.1, 0.15) is 31.2 Å². The average Bonchev–Trinajstić information content (AvgIpc) is 3.16. The summed E-state index contributed by atoms with van der Waals surface area (Å²) in [5.41, 5.74) is 1.22. The number of methoxy groups -OCH3 is 1. The summed E-state index contributed by atoms with van der Waals surface area (Å²) < 4.78 is 5.13. The highest BCUT2D eigenvalue weighted by Crippen LogP contribution is 2.25. The number of amides is 2. The number of carbonyl (C=O) groups is 3. The Bertz CT molecular complexity index is 1000. The second kappa shape index (κ2) is 5.48. The molecule has 1 N–H and O–H groups in total. The molecule has 0 fully saturated rings. The maximum atomic E-state index is 12.3. The molecule has 0 unspecified atom stereocenters. The van der Waals surface area contributed by atoms with Gasteiger partial charge in [0.15, 0.2) is 0 Å². The normalized spacial score (nSPS) is 13.2. The number of benzene rings is 2. The van der Waals surface area contributed by atoms with E-state index in [1.165, 1.54) is 12.1 Å². The minimum absolute atomic E-state index is 0.125. The summed E-state index contributed by atoms with van der Waals surface area (Å²) in [6.45, 7) is 0. The Morgan fingerprint density at radius 2 is 1.68 bits per heavy atom. The Labute approximate surface area is 141 Å². The van der Waals surface area contributed by atoms with Gasteiger partial charge in [0.25, 0.3) is 11.8 Å². The molecule has 0 radical (unpaired) electrons. The first kappa shape index (κ1) is 14.9. The zero-order chi connectivity index (χ0) is 17.6. The van der Waals surface area contributed by atoms with E-state index in [4.69, 9.17) is 9.57 Å². The highest BCUT2D eigenvalue weighted by Gasteiger charge is 2.38. The Hall–Kier alpha value is -3.61. The lowest BCUT2D eigenvalue weighted by atomic mass is 10.1. The smallest absolute Gasteiger partial charge is 0.380 e. The van der Waals surface area contributed by atoms with E-state index in [1.807, 2.05) is 0 Å². The first-order valence-corrected chi connectivity index (χ1v) is 7.45. The van der Waals surface area contributed by atoms with Crippen molar-refractivity contribution < 1.29 is 24.0 Å². The maximum Gasteiger partial charge on any atom is 0.380 e. The van der Waals surface area contributed by atoms with Crippen molar-refractivity contribution in [3.05, 3.63) is 65.4 Å². The number of nitrogens with zero attached hydrogens (tertiary/aromatic N) is 1. The van der Waals surface area contributed by atoms with Gasteiger partial charge in [0.05, 0.1) is 18.2 Å².